The number of nitrogens with zero attached hydrogens (tertiary/aromatic N) is 1. The lowest BCUT2D eigenvalue weighted by Crippen LogP contribution is -2.54. The molecule has 0 spiro atoms. The normalized spacial score (nSPS) is 12.2. The van der Waals surface area contributed by atoms with Gasteiger partial charge in [0.1, 0.15) is 18.1 Å². The molecular weight excluding hydrogens is 458 g/mol. The van der Waals surface area contributed by atoms with Crippen molar-refractivity contribution in [1.82, 2.24) is 15.4 Å². The van der Waals surface area contributed by atoms with E-state index in [1.54, 1.807) is 27.7 Å². The zero-order valence-corrected chi connectivity index (χ0v) is 21.4. The molecule has 2 N–H and O–H groups in total. The Balaban J connectivity index is 1.83. The Kier molecular flexibility index (Phi) is 9.25. The summed E-state index contributed by atoms with van der Waals surface area (Å²) in [5, 5.41) is 2.40. The van der Waals surface area contributed by atoms with Gasteiger partial charge in [0, 0.05) is 30.1 Å². The van der Waals surface area contributed by atoms with Crippen LogP contribution in [0.25, 0.3) is 10.9 Å². The van der Waals surface area contributed by atoms with Gasteiger partial charge in [-0.2, -0.15) is 0 Å². The van der Waals surface area contributed by atoms with E-state index in [4.69, 9.17) is 9.47 Å². The maximum atomic E-state index is 13.2. The zero-order valence-electron chi connectivity index (χ0n) is 21.4. The van der Waals surface area contributed by atoms with Crippen molar-refractivity contribution >= 4 is 28.7 Å². The molecule has 0 aliphatic heterocycles. The van der Waals surface area contributed by atoms with Crippen molar-refractivity contribution in [2.75, 3.05) is 13.2 Å². The molecule has 0 aliphatic carbocycles. The summed E-state index contributed by atoms with van der Waals surface area (Å²) < 4.78 is 10.6. The summed E-state index contributed by atoms with van der Waals surface area (Å²) in [7, 11) is 0. The third-order valence-electron chi connectivity index (χ3n) is 5.47. The number of nitrogens with one attached hydrogen (secondary N) is 2. The third-order valence-corrected chi connectivity index (χ3v) is 5.47. The molecule has 1 heterocycles. The molecule has 192 valence electrons. The number of esters is 2. The molecule has 3 rings (SSSR count). The van der Waals surface area contributed by atoms with Crippen LogP contribution in [0.5, 0.6) is 0 Å². The number of rotatable bonds is 11. The van der Waals surface area contributed by atoms with E-state index in [0.29, 0.717) is 12.8 Å². The van der Waals surface area contributed by atoms with Gasteiger partial charge in [-0.3, -0.25) is 19.4 Å². The highest BCUT2D eigenvalue weighted by atomic mass is 16.6. The SMILES string of the molecule is CCOC(=O)CC(=O)N(CCc1c[nH]c2ccccc12)N[C@@H](Cc1ccccc1)C(=O)OC(C)(C)C. The van der Waals surface area contributed by atoms with E-state index in [9.17, 15) is 14.4 Å². The van der Waals surface area contributed by atoms with Gasteiger partial charge >= 0.3 is 11.9 Å². The number of hydrogen-bond acceptors (Lipinski definition) is 6. The number of para-hydroxylation sites is 1. The van der Waals surface area contributed by atoms with Crippen molar-refractivity contribution in [3.63, 3.8) is 0 Å². The molecule has 1 atom stereocenters. The van der Waals surface area contributed by atoms with Crippen molar-refractivity contribution in [1.29, 1.82) is 0 Å². The lowest BCUT2D eigenvalue weighted by atomic mass is 10.1. The van der Waals surface area contributed by atoms with Crippen LogP contribution in [0, 0.1) is 0 Å². The van der Waals surface area contributed by atoms with E-state index in [1.165, 1.54) is 5.01 Å². The Morgan fingerprint density at radius 3 is 2.42 bits per heavy atom. The van der Waals surface area contributed by atoms with Gasteiger partial charge in [0.25, 0.3) is 0 Å². The predicted octanol–water partition coefficient (Wildman–Crippen LogP) is 3.95. The van der Waals surface area contributed by atoms with Crippen LogP contribution in [0.15, 0.2) is 60.8 Å². The van der Waals surface area contributed by atoms with Crippen molar-refractivity contribution in [2.45, 2.75) is 58.6 Å². The fraction of sp³-hybridized carbons (Fsp3) is 0.393. The Hall–Kier alpha value is -3.65. The van der Waals surface area contributed by atoms with Gasteiger partial charge in [-0.15, -0.1) is 0 Å². The average Bonchev–Trinajstić information content (AvgIpc) is 3.23. The first-order valence-corrected chi connectivity index (χ1v) is 12.2. The van der Waals surface area contributed by atoms with Gasteiger partial charge in [-0.05, 0) is 51.3 Å². The van der Waals surface area contributed by atoms with Crippen LogP contribution >= 0.6 is 0 Å². The minimum absolute atomic E-state index is 0.184. The summed E-state index contributed by atoms with van der Waals surface area (Å²) in [4.78, 5) is 41.6. The van der Waals surface area contributed by atoms with Crippen LogP contribution in [0.1, 0.15) is 45.2 Å². The molecule has 36 heavy (non-hydrogen) atoms. The third kappa shape index (κ3) is 7.95. The van der Waals surface area contributed by atoms with Crippen LogP contribution in [-0.4, -0.2) is 52.6 Å². The largest absolute Gasteiger partial charge is 0.466 e. The van der Waals surface area contributed by atoms with Crippen LogP contribution in [0.3, 0.4) is 0 Å². The molecule has 1 aromatic heterocycles. The number of aromatic amines is 1. The second kappa shape index (κ2) is 12.4. The first-order chi connectivity index (χ1) is 17.2. The van der Waals surface area contributed by atoms with Crippen molar-refractivity contribution < 1.29 is 23.9 Å². The van der Waals surface area contributed by atoms with Gasteiger partial charge in [-0.1, -0.05) is 48.5 Å². The Morgan fingerprint density at radius 2 is 1.72 bits per heavy atom. The van der Waals surface area contributed by atoms with Crippen LogP contribution in [0.2, 0.25) is 0 Å². The van der Waals surface area contributed by atoms with E-state index >= 15 is 0 Å². The standard InChI is InChI=1S/C28H35N3O5/c1-5-35-26(33)18-25(32)31(16-15-21-19-29-23-14-10-9-13-22(21)23)30-24(27(34)36-28(2,3)4)17-20-11-7-6-8-12-20/h6-14,19,24,29-30H,5,15-18H2,1-4H3/t24-/m0/s1. The number of H-pyrrole nitrogens is 1. The molecule has 0 unspecified atom stereocenters. The number of aromatic nitrogens is 1. The van der Waals surface area contributed by atoms with Gasteiger partial charge in [-0.25, -0.2) is 5.43 Å². The minimum atomic E-state index is -0.833. The second-order valence-electron chi connectivity index (χ2n) is 9.54. The maximum absolute atomic E-state index is 13.2. The van der Waals surface area contributed by atoms with Crippen molar-refractivity contribution in [2.24, 2.45) is 0 Å². The first kappa shape index (κ1) is 26.9. The summed E-state index contributed by atoms with van der Waals surface area (Å²) in [6.07, 6.45) is 2.30. The maximum Gasteiger partial charge on any atom is 0.325 e. The van der Waals surface area contributed by atoms with Gasteiger partial charge in [0.2, 0.25) is 5.91 Å². The van der Waals surface area contributed by atoms with Gasteiger partial charge < -0.3 is 14.5 Å². The highest BCUT2D eigenvalue weighted by molar-refractivity contribution is 5.94. The van der Waals surface area contributed by atoms with Gasteiger partial charge in [0.05, 0.1) is 6.61 Å². The molecule has 8 nitrogen and oxygen atoms in total. The molecule has 2 aromatic carbocycles. The van der Waals surface area contributed by atoms with Gasteiger partial charge in [0.15, 0.2) is 0 Å². The molecular formula is C28H35N3O5. The molecule has 1 amide bonds. The number of amides is 1. The molecule has 0 bridgehead atoms. The topological polar surface area (TPSA) is 101 Å². The zero-order chi connectivity index (χ0) is 26.1. The molecule has 0 saturated carbocycles. The average molecular weight is 494 g/mol. The van der Waals surface area contributed by atoms with E-state index < -0.39 is 35.9 Å². The van der Waals surface area contributed by atoms with Crippen LogP contribution in [0.4, 0.5) is 0 Å². The molecule has 8 heteroatoms. The number of fused-ring (bicyclic) bond motifs is 1. The van der Waals surface area contributed by atoms with E-state index in [2.05, 4.69) is 10.4 Å². The van der Waals surface area contributed by atoms with Crippen LogP contribution in [-0.2, 0) is 36.7 Å². The van der Waals surface area contributed by atoms with Crippen molar-refractivity contribution in [3.8, 4) is 0 Å². The number of hydrazine groups is 1. The molecule has 0 radical (unpaired) electrons. The summed E-state index contributed by atoms with van der Waals surface area (Å²) in [6.45, 7) is 7.51. The van der Waals surface area contributed by atoms with E-state index in [0.717, 1.165) is 22.0 Å². The quantitative estimate of drug-likeness (QED) is 0.238. The second-order valence-corrected chi connectivity index (χ2v) is 9.54. The lowest BCUT2D eigenvalue weighted by Gasteiger charge is -2.30. The number of hydrogen-bond donors (Lipinski definition) is 2. The summed E-state index contributed by atoms with van der Waals surface area (Å²) in [6, 6.07) is 16.6. The highest BCUT2D eigenvalue weighted by Crippen LogP contribution is 2.19. The van der Waals surface area contributed by atoms with E-state index in [-0.39, 0.29) is 13.2 Å². The van der Waals surface area contributed by atoms with E-state index in [1.807, 2.05) is 60.8 Å². The molecule has 0 aliphatic rings. The Labute approximate surface area is 211 Å². The molecule has 3 aromatic rings. The molecule has 0 fully saturated rings. The number of carbonyl (C=O) groups is 3. The summed E-state index contributed by atoms with van der Waals surface area (Å²) in [5.74, 6) is -1.57. The minimum Gasteiger partial charge on any atom is -0.466 e. The Morgan fingerprint density at radius 1 is 1.03 bits per heavy atom. The molecule has 0 saturated heterocycles. The monoisotopic (exact) mass is 493 g/mol. The fourth-order valence-corrected chi connectivity index (χ4v) is 3.86. The smallest absolute Gasteiger partial charge is 0.325 e. The predicted molar refractivity (Wildman–Crippen MR) is 138 cm³/mol. The van der Waals surface area contributed by atoms with Crippen molar-refractivity contribution in [3.05, 3.63) is 71.9 Å². The number of benzene rings is 2. The lowest BCUT2D eigenvalue weighted by molar-refractivity contribution is -0.160. The van der Waals surface area contributed by atoms with Crippen LogP contribution < -0.4 is 5.43 Å². The number of ether oxygens (including phenoxy) is 2. The number of carbonyl (C=O) groups excluding carboxylic acids is 3. The highest BCUT2D eigenvalue weighted by Gasteiger charge is 2.29. The Bertz CT molecular complexity index is 1170. The first-order valence-electron chi connectivity index (χ1n) is 12.2. The fourth-order valence-electron chi connectivity index (χ4n) is 3.86. The summed E-state index contributed by atoms with van der Waals surface area (Å²) >= 11 is 0. The summed E-state index contributed by atoms with van der Waals surface area (Å²) in [5.41, 5.74) is 5.32.